The van der Waals surface area contributed by atoms with E-state index < -0.39 is 5.82 Å². The number of hydrogen-bond acceptors (Lipinski definition) is 2. The zero-order valence-electron chi connectivity index (χ0n) is 9.48. The van der Waals surface area contributed by atoms with Gasteiger partial charge in [-0.05, 0) is 19.1 Å². The third-order valence-electron chi connectivity index (χ3n) is 2.71. The molecule has 88 valence electrons. The number of hydrogen-bond donors (Lipinski definition) is 1. The molecule has 0 unspecified atom stereocenters. The molecule has 2 N–H and O–H groups in total. The van der Waals surface area contributed by atoms with E-state index in [-0.39, 0.29) is 17.8 Å². The molecule has 2 rings (SSSR count). The lowest BCUT2D eigenvalue weighted by molar-refractivity contribution is 0.597. The number of nitrogens with zero attached hydrogens (tertiary/aromatic N) is 1. The third-order valence-corrected chi connectivity index (χ3v) is 2.71. The molecule has 0 amide bonds. The standard InChI is InChI=1S/C13H13FN2O/c1-9-4-2-7-12(17)16(9)8-10-5-3-6-11(15)13(10)14/h2-7H,8,15H2,1H3. The quantitative estimate of drug-likeness (QED) is 0.804. The lowest BCUT2D eigenvalue weighted by Gasteiger charge is -2.10. The molecule has 2 aromatic rings. The highest BCUT2D eigenvalue weighted by molar-refractivity contribution is 5.43. The Hall–Kier alpha value is -2.10. The molecule has 0 aliphatic rings. The van der Waals surface area contributed by atoms with Crippen LogP contribution in [0.4, 0.5) is 10.1 Å². The predicted molar refractivity (Wildman–Crippen MR) is 65.4 cm³/mol. The molecule has 1 heterocycles. The maximum atomic E-state index is 13.7. The Morgan fingerprint density at radius 2 is 1.94 bits per heavy atom. The van der Waals surface area contributed by atoms with Crippen molar-refractivity contribution in [3.8, 4) is 0 Å². The molecule has 0 saturated carbocycles. The Morgan fingerprint density at radius 3 is 2.65 bits per heavy atom. The number of pyridine rings is 1. The number of aryl methyl sites for hydroxylation is 1. The van der Waals surface area contributed by atoms with Crippen molar-refractivity contribution in [3.05, 3.63) is 63.8 Å². The molecule has 0 atom stereocenters. The zero-order chi connectivity index (χ0) is 12.4. The summed E-state index contributed by atoms with van der Waals surface area (Å²) in [5.74, 6) is -0.456. The van der Waals surface area contributed by atoms with E-state index in [1.165, 1.54) is 16.7 Å². The Labute approximate surface area is 98.3 Å². The van der Waals surface area contributed by atoms with Crippen molar-refractivity contribution in [1.82, 2.24) is 4.57 Å². The van der Waals surface area contributed by atoms with Crippen molar-refractivity contribution in [1.29, 1.82) is 0 Å². The summed E-state index contributed by atoms with van der Waals surface area (Å²) in [5.41, 5.74) is 6.65. The minimum Gasteiger partial charge on any atom is -0.396 e. The summed E-state index contributed by atoms with van der Waals surface area (Å²) in [6.07, 6.45) is 0. The van der Waals surface area contributed by atoms with Crippen LogP contribution >= 0.6 is 0 Å². The number of aromatic nitrogens is 1. The summed E-state index contributed by atoms with van der Waals surface area (Å²) >= 11 is 0. The average molecular weight is 232 g/mol. The largest absolute Gasteiger partial charge is 0.396 e. The molecule has 1 aromatic carbocycles. The van der Waals surface area contributed by atoms with E-state index in [9.17, 15) is 9.18 Å². The number of halogens is 1. The van der Waals surface area contributed by atoms with Gasteiger partial charge in [0.1, 0.15) is 0 Å². The SMILES string of the molecule is Cc1cccc(=O)n1Cc1cccc(N)c1F. The molecule has 17 heavy (non-hydrogen) atoms. The summed E-state index contributed by atoms with van der Waals surface area (Å²) in [5, 5.41) is 0. The second-order valence-electron chi connectivity index (χ2n) is 3.91. The van der Waals surface area contributed by atoms with E-state index in [1.54, 1.807) is 18.2 Å². The van der Waals surface area contributed by atoms with Crippen molar-refractivity contribution in [2.45, 2.75) is 13.5 Å². The van der Waals surface area contributed by atoms with Crippen LogP contribution in [0.1, 0.15) is 11.3 Å². The molecule has 0 aliphatic carbocycles. The van der Waals surface area contributed by atoms with Crippen LogP contribution in [0, 0.1) is 12.7 Å². The molecule has 0 saturated heterocycles. The molecule has 4 heteroatoms. The number of benzene rings is 1. The van der Waals surface area contributed by atoms with Gasteiger partial charge < -0.3 is 10.3 Å². The third kappa shape index (κ3) is 2.20. The van der Waals surface area contributed by atoms with Crippen molar-refractivity contribution in [2.24, 2.45) is 0 Å². The maximum Gasteiger partial charge on any atom is 0.251 e. The van der Waals surface area contributed by atoms with Gasteiger partial charge in [0.05, 0.1) is 12.2 Å². The molecular formula is C13H13FN2O. The Kier molecular flexibility index (Phi) is 2.95. The van der Waals surface area contributed by atoms with Crippen LogP contribution < -0.4 is 11.3 Å². The second kappa shape index (κ2) is 4.41. The van der Waals surface area contributed by atoms with Gasteiger partial charge in [0, 0.05) is 17.3 Å². The van der Waals surface area contributed by atoms with Gasteiger partial charge in [-0.3, -0.25) is 4.79 Å². The van der Waals surface area contributed by atoms with Crippen LogP contribution in [-0.4, -0.2) is 4.57 Å². The van der Waals surface area contributed by atoms with E-state index in [0.29, 0.717) is 5.56 Å². The van der Waals surface area contributed by atoms with E-state index in [0.717, 1.165) is 5.69 Å². The fraction of sp³-hybridized carbons (Fsp3) is 0.154. The zero-order valence-corrected chi connectivity index (χ0v) is 9.48. The van der Waals surface area contributed by atoms with Crippen LogP contribution in [0.2, 0.25) is 0 Å². The number of nitrogen functional groups attached to an aromatic ring is 1. The van der Waals surface area contributed by atoms with E-state index >= 15 is 0 Å². The smallest absolute Gasteiger partial charge is 0.251 e. The van der Waals surface area contributed by atoms with Crippen molar-refractivity contribution in [2.75, 3.05) is 5.73 Å². The fourth-order valence-electron chi connectivity index (χ4n) is 1.72. The molecule has 0 aliphatic heterocycles. The number of nitrogens with two attached hydrogens (primary N) is 1. The first-order chi connectivity index (χ1) is 8.09. The molecule has 0 spiro atoms. The lowest BCUT2D eigenvalue weighted by atomic mass is 10.1. The van der Waals surface area contributed by atoms with Gasteiger partial charge in [0.2, 0.25) is 0 Å². The van der Waals surface area contributed by atoms with Crippen LogP contribution in [-0.2, 0) is 6.54 Å². The predicted octanol–water partition coefficient (Wildman–Crippen LogP) is 1.93. The van der Waals surface area contributed by atoms with Gasteiger partial charge >= 0.3 is 0 Å². The first-order valence-corrected chi connectivity index (χ1v) is 5.29. The first-order valence-electron chi connectivity index (χ1n) is 5.29. The van der Waals surface area contributed by atoms with Gasteiger partial charge in [-0.15, -0.1) is 0 Å². The number of rotatable bonds is 2. The van der Waals surface area contributed by atoms with Crippen molar-refractivity contribution in [3.63, 3.8) is 0 Å². The minimum absolute atomic E-state index is 0.101. The lowest BCUT2D eigenvalue weighted by Crippen LogP contribution is -2.22. The van der Waals surface area contributed by atoms with Gasteiger partial charge in [-0.2, -0.15) is 0 Å². The van der Waals surface area contributed by atoms with E-state index in [1.807, 2.05) is 13.0 Å². The number of anilines is 1. The Balaban J connectivity index is 2.45. The average Bonchev–Trinajstić information content (AvgIpc) is 2.29. The first kappa shape index (κ1) is 11.4. The minimum atomic E-state index is -0.456. The molecular weight excluding hydrogens is 219 g/mol. The fourth-order valence-corrected chi connectivity index (χ4v) is 1.72. The van der Waals surface area contributed by atoms with Gasteiger partial charge in [0.25, 0.3) is 5.56 Å². The summed E-state index contributed by atoms with van der Waals surface area (Å²) in [4.78, 5) is 11.6. The summed E-state index contributed by atoms with van der Waals surface area (Å²) in [6.45, 7) is 2.01. The Morgan fingerprint density at radius 1 is 1.24 bits per heavy atom. The van der Waals surface area contributed by atoms with Crippen LogP contribution in [0.5, 0.6) is 0 Å². The van der Waals surface area contributed by atoms with Crippen LogP contribution in [0.3, 0.4) is 0 Å². The Bertz CT molecular complexity index is 605. The maximum absolute atomic E-state index is 13.7. The van der Waals surface area contributed by atoms with Gasteiger partial charge in [0.15, 0.2) is 5.82 Å². The van der Waals surface area contributed by atoms with Crippen LogP contribution in [0.15, 0.2) is 41.2 Å². The molecule has 0 bridgehead atoms. The van der Waals surface area contributed by atoms with E-state index in [2.05, 4.69) is 0 Å². The molecule has 0 fully saturated rings. The summed E-state index contributed by atoms with van der Waals surface area (Å²) in [6, 6.07) is 9.76. The van der Waals surface area contributed by atoms with Crippen LogP contribution in [0.25, 0.3) is 0 Å². The highest BCUT2D eigenvalue weighted by Gasteiger charge is 2.07. The molecule has 1 aromatic heterocycles. The highest BCUT2D eigenvalue weighted by Crippen LogP contribution is 2.15. The van der Waals surface area contributed by atoms with Crippen molar-refractivity contribution >= 4 is 5.69 Å². The topological polar surface area (TPSA) is 48.0 Å². The van der Waals surface area contributed by atoms with Gasteiger partial charge in [-0.1, -0.05) is 18.2 Å². The summed E-state index contributed by atoms with van der Waals surface area (Å²) in [7, 11) is 0. The van der Waals surface area contributed by atoms with E-state index in [4.69, 9.17) is 5.73 Å². The highest BCUT2D eigenvalue weighted by atomic mass is 19.1. The van der Waals surface area contributed by atoms with Gasteiger partial charge in [-0.25, -0.2) is 4.39 Å². The van der Waals surface area contributed by atoms with Crippen molar-refractivity contribution < 1.29 is 4.39 Å². The normalized spacial score (nSPS) is 10.5. The molecule has 0 radical (unpaired) electrons. The monoisotopic (exact) mass is 232 g/mol. The molecule has 3 nitrogen and oxygen atoms in total. The summed E-state index contributed by atoms with van der Waals surface area (Å²) < 4.78 is 15.2. The second-order valence-corrected chi connectivity index (χ2v) is 3.91.